The zero-order chi connectivity index (χ0) is 15.1. The van der Waals surface area contributed by atoms with Gasteiger partial charge in [0.05, 0.1) is 6.04 Å². The van der Waals surface area contributed by atoms with Crippen LogP contribution in [-0.2, 0) is 4.79 Å². The first kappa shape index (κ1) is 19.6. The monoisotopic (exact) mass is 283 g/mol. The van der Waals surface area contributed by atoms with E-state index in [1.165, 1.54) is 57.8 Å². The number of ketones is 1. The summed E-state index contributed by atoms with van der Waals surface area (Å²) in [4.78, 5) is 11.8. The number of unbranched alkanes of at least 4 members (excludes halogenated alkanes) is 10. The number of hydrogen-bond acceptors (Lipinski definition) is 2. The van der Waals surface area contributed by atoms with Crippen molar-refractivity contribution in [3.05, 3.63) is 0 Å². The molecule has 0 aliphatic heterocycles. The van der Waals surface area contributed by atoms with Gasteiger partial charge in [-0.05, 0) is 12.8 Å². The van der Waals surface area contributed by atoms with Gasteiger partial charge in [0.2, 0.25) is 0 Å². The molecule has 0 aliphatic rings. The molecule has 0 spiro atoms. The van der Waals surface area contributed by atoms with E-state index in [2.05, 4.69) is 13.8 Å². The zero-order valence-electron chi connectivity index (χ0n) is 14.0. The molecule has 0 aliphatic carbocycles. The highest BCUT2D eigenvalue weighted by Crippen LogP contribution is 2.12. The molecule has 0 rings (SSSR count). The molecule has 0 amide bonds. The lowest BCUT2D eigenvalue weighted by molar-refractivity contribution is -0.120. The SMILES string of the molecule is CCCCCCCCCCCCC(=O)C(N)CCCC. The summed E-state index contributed by atoms with van der Waals surface area (Å²) in [5.41, 5.74) is 5.87. The molecule has 120 valence electrons. The molecule has 0 aromatic carbocycles. The highest BCUT2D eigenvalue weighted by molar-refractivity contribution is 5.83. The standard InChI is InChI=1S/C18H37NO/c1-3-5-7-8-9-10-11-12-13-14-16-18(20)17(19)15-6-4-2/h17H,3-16,19H2,1-2H3. The maximum absolute atomic E-state index is 11.8. The first-order chi connectivity index (χ1) is 9.72. The average molecular weight is 284 g/mol. The fraction of sp³-hybridized carbons (Fsp3) is 0.944. The number of nitrogens with two attached hydrogens (primary N) is 1. The second-order valence-corrected chi connectivity index (χ2v) is 6.15. The predicted octanol–water partition coefficient (Wildman–Crippen LogP) is 5.38. The summed E-state index contributed by atoms with van der Waals surface area (Å²) in [6.45, 7) is 4.40. The Balaban J connectivity index is 3.24. The molecular weight excluding hydrogens is 246 g/mol. The summed E-state index contributed by atoms with van der Waals surface area (Å²) >= 11 is 0. The molecule has 0 radical (unpaired) electrons. The van der Waals surface area contributed by atoms with Crippen molar-refractivity contribution >= 4 is 5.78 Å². The smallest absolute Gasteiger partial charge is 0.149 e. The maximum atomic E-state index is 11.8. The second-order valence-electron chi connectivity index (χ2n) is 6.15. The molecule has 0 aromatic rings. The van der Waals surface area contributed by atoms with Crippen LogP contribution in [0.15, 0.2) is 0 Å². The topological polar surface area (TPSA) is 43.1 Å². The van der Waals surface area contributed by atoms with Gasteiger partial charge in [-0.2, -0.15) is 0 Å². The second kappa shape index (κ2) is 15.0. The predicted molar refractivity (Wildman–Crippen MR) is 89.0 cm³/mol. The van der Waals surface area contributed by atoms with E-state index in [4.69, 9.17) is 5.73 Å². The van der Waals surface area contributed by atoms with E-state index in [1.807, 2.05) is 0 Å². The van der Waals surface area contributed by atoms with Gasteiger partial charge in [-0.15, -0.1) is 0 Å². The van der Waals surface area contributed by atoms with E-state index >= 15 is 0 Å². The summed E-state index contributed by atoms with van der Waals surface area (Å²) in [6, 6.07) is -0.200. The summed E-state index contributed by atoms with van der Waals surface area (Å²) in [6.07, 6.45) is 16.9. The van der Waals surface area contributed by atoms with Gasteiger partial charge in [0.1, 0.15) is 5.78 Å². The normalized spacial score (nSPS) is 12.6. The third-order valence-corrected chi connectivity index (χ3v) is 4.06. The fourth-order valence-electron chi connectivity index (χ4n) is 2.56. The van der Waals surface area contributed by atoms with Crippen LogP contribution >= 0.6 is 0 Å². The van der Waals surface area contributed by atoms with Gasteiger partial charge in [-0.1, -0.05) is 84.5 Å². The Morgan fingerprint density at radius 2 is 1.20 bits per heavy atom. The molecule has 2 N–H and O–H groups in total. The average Bonchev–Trinajstić information content (AvgIpc) is 2.46. The van der Waals surface area contributed by atoms with E-state index in [-0.39, 0.29) is 11.8 Å². The minimum Gasteiger partial charge on any atom is -0.322 e. The van der Waals surface area contributed by atoms with Gasteiger partial charge >= 0.3 is 0 Å². The summed E-state index contributed by atoms with van der Waals surface area (Å²) in [7, 11) is 0. The van der Waals surface area contributed by atoms with Crippen molar-refractivity contribution < 1.29 is 4.79 Å². The van der Waals surface area contributed by atoms with Crippen LogP contribution in [0.1, 0.15) is 104 Å². The lowest BCUT2D eigenvalue weighted by atomic mass is 10.0. The highest BCUT2D eigenvalue weighted by atomic mass is 16.1. The van der Waals surface area contributed by atoms with E-state index < -0.39 is 0 Å². The quantitative estimate of drug-likeness (QED) is 0.410. The lowest BCUT2D eigenvalue weighted by Gasteiger charge is -2.09. The van der Waals surface area contributed by atoms with Gasteiger partial charge < -0.3 is 5.73 Å². The third-order valence-electron chi connectivity index (χ3n) is 4.06. The van der Waals surface area contributed by atoms with Crippen LogP contribution in [0, 0.1) is 0 Å². The van der Waals surface area contributed by atoms with Gasteiger partial charge in [-0.25, -0.2) is 0 Å². The minimum atomic E-state index is -0.200. The lowest BCUT2D eigenvalue weighted by Crippen LogP contribution is -2.30. The van der Waals surface area contributed by atoms with Crippen molar-refractivity contribution in [2.75, 3.05) is 0 Å². The van der Waals surface area contributed by atoms with Crippen molar-refractivity contribution in [3.63, 3.8) is 0 Å². The van der Waals surface area contributed by atoms with Crippen molar-refractivity contribution in [3.8, 4) is 0 Å². The van der Waals surface area contributed by atoms with Crippen LogP contribution in [0.5, 0.6) is 0 Å². The van der Waals surface area contributed by atoms with Crippen molar-refractivity contribution in [1.29, 1.82) is 0 Å². The number of hydrogen-bond donors (Lipinski definition) is 1. The third kappa shape index (κ3) is 12.7. The Morgan fingerprint density at radius 3 is 1.70 bits per heavy atom. The molecule has 0 bridgehead atoms. The molecule has 2 nitrogen and oxygen atoms in total. The van der Waals surface area contributed by atoms with E-state index in [0.717, 1.165) is 25.7 Å². The van der Waals surface area contributed by atoms with Crippen LogP contribution in [-0.4, -0.2) is 11.8 Å². The molecule has 2 heteroatoms. The Morgan fingerprint density at radius 1 is 0.750 bits per heavy atom. The van der Waals surface area contributed by atoms with E-state index in [9.17, 15) is 4.79 Å². The Kier molecular flexibility index (Phi) is 14.7. The maximum Gasteiger partial charge on any atom is 0.149 e. The molecule has 1 atom stereocenters. The van der Waals surface area contributed by atoms with E-state index in [0.29, 0.717) is 6.42 Å². The molecular formula is C18H37NO. The first-order valence-electron chi connectivity index (χ1n) is 9.00. The number of rotatable bonds is 15. The van der Waals surface area contributed by atoms with Gasteiger partial charge in [-0.3, -0.25) is 4.79 Å². The Hall–Kier alpha value is -0.370. The molecule has 0 aromatic heterocycles. The van der Waals surface area contributed by atoms with Crippen molar-refractivity contribution in [2.24, 2.45) is 5.73 Å². The first-order valence-corrected chi connectivity index (χ1v) is 9.00. The van der Waals surface area contributed by atoms with E-state index in [1.54, 1.807) is 0 Å². The van der Waals surface area contributed by atoms with Crippen LogP contribution < -0.4 is 5.73 Å². The molecule has 1 unspecified atom stereocenters. The Labute approximate surface area is 126 Å². The molecule has 0 heterocycles. The van der Waals surface area contributed by atoms with Gasteiger partial charge in [0.15, 0.2) is 0 Å². The van der Waals surface area contributed by atoms with Crippen LogP contribution in [0.25, 0.3) is 0 Å². The molecule has 0 saturated carbocycles. The van der Waals surface area contributed by atoms with Crippen LogP contribution in [0.4, 0.5) is 0 Å². The van der Waals surface area contributed by atoms with Crippen molar-refractivity contribution in [2.45, 2.75) is 110 Å². The summed E-state index contributed by atoms with van der Waals surface area (Å²) in [5.74, 6) is 0.276. The summed E-state index contributed by atoms with van der Waals surface area (Å²) < 4.78 is 0. The fourth-order valence-corrected chi connectivity index (χ4v) is 2.56. The largest absolute Gasteiger partial charge is 0.322 e. The van der Waals surface area contributed by atoms with Gasteiger partial charge in [0.25, 0.3) is 0 Å². The number of carbonyl (C=O) groups excluding carboxylic acids is 1. The van der Waals surface area contributed by atoms with Crippen molar-refractivity contribution in [1.82, 2.24) is 0 Å². The minimum absolute atomic E-state index is 0.200. The zero-order valence-corrected chi connectivity index (χ0v) is 14.0. The number of Topliss-reactive ketones (excluding diaryl/α,β-unsaturated/α-hetero) is 1. The molecule has 0 fully saturated rings. The highest BCUT2D eigenvalue weighted by Gasteiger charge is 2.11. The van der Waals surface area contributed by atoms with Gasteiger partial charge in [0, 0.05) is 6.42 Å². The van der Waals surface area contributed by atoms with Crippen LogP contribution in [0.3, 0.4) is 0 Å². The molecule has 20 heavy (non-hydrogen) atoms. The number of carbonyl (C=O) groups is 1. The van der Waals surface area contributed by atoms with Crippen LogP contribution in [0.2, 0.25) is 0 Å². The molecule has 0 saturated heterocycles. The summed E-state index contributed by atoms with van der Waals surface area (Å²) in [5, 5.41) is 0. The Bertz CT molecular complexity index is 215.